The van der Waals surface area contributed by atoms with Gasteiger partial charge in [0.1, 0.15) is 0 Å². The third-order valence-corrected chi connectivity index (χ3v) is 6.02. The van der Waals surface area contributed by atoms with Crippen LogP contribution in [0.1, 0.15) is 27.7 Å². The molecule has 2 nitrogen and oxygen atoms in total. The van der Waals surface area contributed by atoms with E-state index >= 15 is 0 Å². The SMILES string of the molecule is CNC([SiH3])(NC)C(C)(C)C(C)C. The predicted octanol–water partition coefficient (Wildman–Crippen LogP) is 0.127. The summed E-state index contributed by atoms with van der Waals surface area (Å²) < 4.78 is 0. The van der Waals surface area contributed by atoms with Crippen molar-refractivity contribution in [3.63, 3.8) is 0 Å². The van der Waals surface area contributed by atoms with E-state index in [1.165, 1.54) is 0 Å². The summed E-state index contributed by atoms with van der Waals surface area (Å²) in [6.45, 7) is 9.19. The molecule has 74 valence electrons. The molecule has 0 bridgehead atoms. The van der Waals surface area contributed by atoms with Gasteiger partial charge in [-0.25, -0.2) is 0 Å². The van der Waals surface area contributed by atoms with E-state index in [0.29, 0.717) is 11.3 Å². The van der Waals surface area contributed by atoms with Gasteiger partial charge < -0.3 is 10.6 Å². The average Bonchev–Trinajstić information content (AvgIpc) is 2.02. The van der Waals surface area contributed by atoms with Gasteiger partial charge in [-0.1, -0.05) is 27.7 Å². The highest BCUT2D eigenvalue weighted by atomic mass is 28.1. The molecule has 0 atom stereocenters. The van der Waals surface area contributed by atoms with Crippen LogP contribution in [0.15, 0.2) is 0 Å². The maximum Gasteiger partial charge on any atom is 0.0520 e. The maximum atomic E-state index is 3.40. The van der Waals surface area contributed by atoms with Gasteiger partial charge in [-0.15, -0.1) is 0 Å². The van der Waals surface area contributed by atoms with E-state index in [0.717, 1.165) is 10.2 Å². The molecule has 0 aliphatic heterocycles. The lowest BCUT2D eigenvalue weighted by Gasteiger charge is -2.47. The van der Waals surface area contributed by atoms with Crippen molar-refractivity contribution in [3.8, 4) is 0 Å². The lowest BCUT2D eigenvalue weighted by molar-refractivity contribution is 0.117. The molecule has 0 heterocycles. The molecule has 0 spiro atoms. The van der Waals surface area contributed by atoms with Crippen LogP contribution >= 0.6 is 0 Å². The van der Waals surface area contributed by atoms with Crippen molar-refractivity contribution in [1.29, 1.82) is 0 Å². The smallest absolute Gasteiger partial charge is 0.0520 e. The van der Waals surface area contributed by atoms with Crippen molar-refractivity contribution < 1.29 is 0 Å². The molecule has 12 heavy (non-hydrogen) atoms. The zero-order chi connectivity index (χ0) is 9.99. The highest BCUT2D eigenvalue weighted by Gasteiger charge is 2.40. The molecule has 0 aliphatic rings. The first-order valence-electron chi connectivity index (χ1n) is 4.69. The molecule has 3 heteroatoms. The van der Waals surface area contributed by atoms with Crippen LogP contribution in [0.5, 0.6) is 0 Å². The van der Waals surface area contributed by atoms with Crippen LogP contribution in [-0.2, 0) is 0 Å². The van der Waals surface area contributed by atoms with Crippen LogP contribution < -0.4 is 10.6 Å². The summed E-state index contributed by atoms with van der Waals surface area (Å²) in [5.41, 5.74) is 0.294. The Bertz CT molecular complexity index is 137. The summed E-state index contributed by atoms with van der Waals surface area (Å²) in [7, 11) is 5.17. The summed E-state index contributed by atoms with van der Waals surface area (Å²) >= 11 is 0. The van der Waals surface area contributed by atoms with Crippen molar-refractivity contribution in [2.24, 2.45) is 11.3 Å². The number of nitrogens with one attached hydrogen (secondary N) is 2. The molecule has 0 aromatic rings. The van der Waals surface area contributed by atoms with E-state index in [1.807, 2.05) is 14.1 Å². The second-order valence-corrected chi connectivity index (χ2v) is 6.00. The van der Waals surface area contributed by atoms with Crippen LogP contribution in [-0.4, -0.2) is 29.6 Å². The molecule has 0 aromatic heterocycles. The van der Waals surface area contributed by atoms with Gasteiger partial charge in [0.2, 0.25) is 0 Å². The summed E-state index contributed by atoms with van der Waals surface area (Å²) in [4.78, 5) is 0. The molecule has 0 amide bonds. The Labute approximate surface area is 79.9 Å². The van der Waals surface area contributed by atoms with Crippen molar-refractivity contribution in [1.82, 2.24) is 10.6 Å². The average molecular weight is 188 g/mol. The van der Waals surface area contributed by atoms with Gasteiger partial charge in [0.25, 0.3) is 0 Å². The summed E-state index contributed by atoms with van der Waals surface area (Å²) in [5, 5.41) is 6.94. The molecule has 0 unspecified atom stereocenters. The Morgan fingerprint density at radius 1 is 1.08 bits per heavy atom. The zero-order valence-corrected chi connectivity index (χ0v) is 11.6. The first-order chi connectivity index (χ1) is 5.31. The number of rotatable bonds is 4. The Morgan fingerprint density at radius 3 is 1.50 bits per heavy atom. The fourth-order valence-electron chi connectivity index (χ4n) is 1.35. The maximum absolute atomic E-state index is 3.40. The van der Waals surface area contributed by atoms with Gasteiger partial charge in [0.05, 0.1) is 5.29 Å². The third-order valence-electron chi connectivity index (χ3n) is 3.73. The number of hydrogen-bond donors (Lipinski definition) is 2. The van der Waals surface area contributed by atoms with Gasteiger partial charge in [0.15, 0.2) is 0 Å². The second-order valence-electron chi connectivity index (χ2n) is 4.50. The van der Waals surface area contributed by atoms with E-state index in [4.69, 9.17) is 0 Å². The van der Waals surface area contributed by atoms with E-state index < -0.39 is 0 Å². The minimum Gasteiger partial charge on any atom is -0.306 e. The van der Waals surface area contributed by atoms with E-state index in [9.17, 15) is 0 Å². The van der Waals surface area contributed by atoms with Crippen LogP contribution in [0.3, 0.4) is 0 Å². The van der Waals surface area contributed by atoms with Crippen LogP contribution in [0.25, 0.3) is 0 Å². The minimum atomic E-state index is 0.140. The second kappa shape index (κ2) is 3.90. The van der Waals surface area contributed by atoms with Gasteiger partial charge >= 0.3 is 0 Å². The van der Waals surface area contributed by atoms with Crippen molar-refractivity contribution in [2.75, 3.05) is 14.1 Å². The fraction of sp³-hybridized carbons (Fsp3) is 1.00. The minimum absolute atomic E-state index is 0.140. The Kier molecular flexibility index (Phi) is 3.94. The lowest BCUT2D eigenvalue weighted by atomic mass is 9.77. The van der Waals surface area contributed by atoms with Crippen LogP contribution in [0.4, 0.5) is 0 Å². The van der Waals surface area contributed by atoms with E-state index in [-0.39, 0.29) is 5.29 Å². The standard InChI is InChI=1S/C9H24N2Si/c1-7(2)8(3,4)9(12,10-5)11-6/h7,10-11H,1-6,12H3. The van der Waals surface area contributed by atoms with E-state index in [2.05, 4.69) is 38.3 Å². The number of hydrogen-bond acceptors (Lipinski definition) is 2. The summed E-state index contributed by atoms with van der Waals surface area (Å²) in [6.07, 6.45) is 0. The van der Waals surface area contributed by atoms with Crippen LogP contribution in [0.2, 0.25) is 0 Å². The first-order valence-corrected chi connectivity index (χ1v) is 5.69. The van der Waals surface area contributed by atoms with Crippen LogP contribution in [0, 0.1) is 11.3 Å². The quantitative estimate of drug-likeness (QED) is 0.484. The molecule has 0 fully saturated rings. The predicted molar refractivity (Wildman–Crippen MR) is 59.4 cm³/mol. The first kappa shape index (κ1) is 12.1. The molecule has 0 saturated carbocycles. The Morgan fingerprint density at radius 2 is 1.42 bits per heavy atom. The van der Waals surface area contributed by atoms with Gasteiger partial charge in [0, 0.05) is 10.2 Å². The molecular weight excluding hydrogens is 164 g/mol. The van der Waals surface area contributed by atoms with Gasteiger partial charge in [-0.2, -0.15) is 0 Å². The normalized spacial score (nSPS) is 14.2. The molecule has 0 aliphatic carbocycles. The summed E-state index contributed by atoms with van der Waals surface area (Å²) in [6, 6.07) is 0. The molecule has 2 N–H and O–H groups in total. The molecular formula is C9H24N2Si. The largest absolute Gasteiger partial charge is 0.306 e. The molecule has 0 radical (unpaired) electrons. The fourth-order valence-corrected chi connectivity index (χ4v) is 1.92. The lowest BCUT2D eigenvalue weighted by Crippen LogP contribution is -2.65. The monoisotopic (exact) mass is 188 g/mol. The Hall–Kier alpha value is 0.137. The third kappa shape index (κ3) is 1.89. The topological polar surface area (TPSA) is 24.1 Å². The molecule has 0 aromatic carbocycles. The van der Waals surface area contributed by atoms with Crippen molar-refractivity contribution >= 4 is 10.2 Å². The Balaban J connectivity index is 4.70. The highest BCUT2D eigenvalue weighted by molar-refractivity contribution is 6.15. The molecule has 0 rings (SSSR count). The van der Waals surface area contributed by atoms with Gasteiger partial charge in [-0.3, -0.25) is 0 Å². The molecule has 0 saturated heterocycles. The summed E-state index contributed by atoms with van der Waals surface area (Å²) in [5.74, 6) is 0.676. The van der Waals surface area contributed by atoms with Crippen molar-refractivity contribution in [2.45, 2.75) is 33.0 Å². The highest BCUT2D eigenvalue weighted by Crippen LogP contribution is 2.34. The van der Waals surface area contributed by atoms with E-state index in [1.54, 1.807) is 0 Å². The van der Waals surface area contributed by atoms with Gasteiger partial charge in [-0.05, 0) is 25.4 Å². The van der Waals surface area contributed by atoms with Crippen molar-refractivity contribution in [3.05, 3.63) is 0 Å². The zero-order valence-electron chi connectivity index (χ0n) is 9.58.